The van der Waals surface area contributed by atoms with Crippen LogP contribution in [-0.2, 0) is 14.8 Å². The first-order chi connectivity index (χ1) is 11.6. The smallest absolute Gasteiger partial charge is 0.246 e. The van der Waals surface area contributed by atoms with Crippen molar-refractivity contribution in [3.8, 4) is 5.75 Å². The first kappa shape index (κ1) is 19.8. The SMILES string of the molecule is COc1ccc(Cl)cc1N([C@H](C)C(=O)N1CCC[C@@H](C)C1)S(C)(=O)=O. The van der Waals surface area contributed by atoms with E-state index in [0.717, 1.165) is 23.4 Å². The van der Waals surface area contributed by atoms with Gasteiger partial charge in [0.1, 0.15) is 11.8 Å². The molecular formula is C17H25ClN2O4S. The molecule has 1 aliphatic rings. The van der Waals surface area contributed by atoms with Crippen molar-refractivity contribution in [3.63, 3.8) is 0 Å². The minimum Gasteiger partial charge on any atom is -0.495 e. The molecule has 1 amide bonds. The number of carbonyl (C=O) groups excluding carboxylic acids is 1. The molecule has 0 radical (unpaired) electrons. The lowest BCUT2D eigenvalue weighted by Gasteiger charge is -2.36. The van der Waals surface area contributed by atoms with E-state index >= 15 is 0 Å². The Hall–Kier alpha value is -1.47. The van der Waals surface area contributed by atoms with Crippen LogP contribution in [0.4, 0.5) is 5.69 Å². The topological polar surface area (TPSA) is 66.9 Å². The summed E-state index contributed by atoms with van der Waals surface area (Å²) in [6.45, 7) is 4.99. The molecule has 0 bridgehead atoms. The van der Waals surface area contributed by atoms with Crippen molar-refractivity contribution in [1.29, 1.82) is 0 Å². The molecular weight excluding hydrogens is 364 g/mol. The third-order valence-electron chi connectivity index (χ3n) is 4.41. The van der Waals surface area contributed by atoms with E-state index in [-0.39, 0.29) is 11.6 Å². The summed E-state index contributed by atoms with van der Waals surface area (Å²) in [5, 5.41) is 0.371. The van der Waals surface area contributed by atoms with E-state index in [2.05, 4.69) is 6.92 Å². The van der Waals surface area contributed by atoms with Crippen LogP contribution >= 0.6 is 11.6 Å². The molecule has 0 saturated carbocycles. The van der Waals surface area contributed by atoms with Crippen LogP contribution in [-0.4, -0.2) is 51.7 Å². The van der Waals surface area contributed by atoms with E-state index in [1.165, 1.54) is 13.2 Å². The highest BCUT2D eigenvalue weighted by atomic mass is 35.5. The van der Waals surface area contributed by atoms with Gasteiger partial charge in [-0.2, -0.15) is 0 Å². The zero-order valence-corrected chi connectivity index (χ0v) is 16.6. The van der Waals surface area contributed by atoms with Crippen LogP contribution in [0.25, 0.3) is 0 Å². The van der Waals surface area contributed by atoms with Crippen LogP contribution < -0.4 is 9.04 Å². The van der Waals surface area contributed by atoms with Gasteiger partial charge in [0, 0.05) is 18.1 Å². The Labute approximate surface area is 154 Å². The van der Waals surface area contributed by atoms with Gasteiger partial charge < -0.3 is 9.64 Å². The van der Waals surface area contributed by atoms with Crippen molar-refractivity contribution in [3.05, 3.63) is 23.2 Å². The number of amides is 1. The predicted octanol–water partition coefficient (Wildman–Crippen LogP) is 2.76. The Kier molecular flexibility index (Phi) is 6.21. The lowest BCUT2D eigenvalue weighted by Crippen LogP contribution is -2.51. The molecule has 0 aliphatic carbocycles. The lowest BCUT2D eigenvalue weighted by atomic mass is 10.00. The molecule has 2 atom stereocenters. The highest BCUT2D eigenvalue weighted by Gasteiger charge is 2.35. The number of benzene rings is 1. The molecule has 1 aromatic rings. The Morgan fingerprint density at radius 2 is 2.12 bits per heavy atom. The molecule has 140 valence electrons. The van der Waals surface area contributed by atoms with E-state index in [0.29, 0.717) is 29.8 Å². The molecule has 1 aromatic carbocycles. The Bertz CT molecular complexity index is 738. The third-order valence-corrected chi connectivity index (χ3v) is 5.88. The summed E-state index contributed by atoms with van der Waals surface area (Å²) < 4.78 is 31.3. The maximum atomic E-state index is 12.9. The van der Waals surface area contributed by atoms with Crippen LogP contribution in [0.5, 0.6) is 5.75 Å². The summed E-state index contributed by atoms with van der Waals surface area (Å²) in [5.41, 5.74) is 0.267. The minimum atomic E-state index is -3.72. The zero-order valence-electron chi connectivity index (χ0n) is 15.0. The number of nitrogens with zero attached hydrogens (tertiary/aromatic N) is 2. The Balaban J connectivity index is 2.41. The Morgan fingerprint density at radius 3 is 2.68 bits per heavy atom. The van der Waals surface area contributed by atoms with Crippen molar-refractivity contribution < 1.29 is 17.9 Å². The molecule has 25 heavy (non-hydrogen) atoms. The maximum absolute atomic E-state index is 12.9. The van der Waals surface area contributed by atoms with Crippen LogP contribution in [0.3, 0.4) is 0 Å². The Morgan fingerprint density at radius 1 is 1.44 bits per heavy atom. The fourth-order valence-corrected chi connectivity index (χ4v) is 4.59. The van der Waals surface area contributed by atoms with Gasteiger partial charge in [-0.05, 0) is 43.9 Å². The van der Waals surface area contributed by atoms with Crippen LogP contribution in [0.2, 0.25) is 5.02 Å². The van der Waals surface area contributed by atoms with Gasteiger partial charge in [-0.3, -0.25) is 9.10 Å². The van der Waals surface area contributed by atoms with Gasteiger partial charge in [-0.15, -0.1) is 0 Å². The number of ether oxygens (including phenoxy) is 1. The molecule has 0 aromatic heterocycles. The van der Waals surface area contributed by atoms with Crippen LogP contribution in [0.1, 0.15) is 26.7 Å². The largest absolute Gasteiger partial charge is 0.495 e. The second-order valence-corrected chi connectivity index (χ2v) is 8.88. The van der Waals surface area contributed by atoms with Crippen molar-refractivity contribution in [2.24, 2.45) is 5.92 Å². The van der Waals surface area contributed by atoms with Crippen molar-refractivity contribution in [1.82, 2.24) is 4.90 Å². The number of methoxy groups -OCH3 is 1. The molecule has 2 rings (SSSR count). The van der Waals surface area contributed by atoms with Gasteiger partial charge in [0.25, 0.3) is 0 Å². The summed E-state index contributed by atoms with van der Waals surface area (Å²) in [7, 11) is -2.27. The van der Waals surface area contributed by atoms with E-state index in [1.807, 2.05) is 0 Å². The average molecular weight is 389 g/mol. The van der Waals surface area contributed by atoms with Crippen LogP contribution in [0.15, 0.2) is 18.2 Å². The number of anilines is 1. The summed E-state index contributed by atoms with van der Waals surface area (Å²) >= 11 is 6.05. The first-order valence-electron chi connectivity index (χ1n) is 8.27. The van der Waals surface area contributed by atoms with Gasteiger partial charge in [-0.25, -0.2) is 8.42 Å². The summed E-state index contributed by atoms with van der Waals surface area (Å²) in [4.78, 5) is 14.7. The van der Waals surface area contributed by atoms with E-state index < -0.39 is 16.1 Å². The van der Waals surface area contributed by atoms with E-state index in [1.54, 1.807) is 24.0 Å². The summed E-state index contributed by atoms with van der Waals surface area (Å²) in [5.74, 6) is 0.554. The zero-order chi connectivity index (χ0) is 18.8. The van der Waals surface area contributed by atoms with Gasteiger partial charge in [0.2, 0.25) is 15.9 Å². The maximum Gasteiger partial charge on any atom is 0.246 e. The van der Waals surface area contributed by atoms with Crippen LogP contribution in [0, 0.1) is 5.92 Å². The number of piperidine rings is 1. The predicted molar refractivity (Wildman–Crippen MR) is 99.8 cm³/mol. The molecule has 0 unspecified atom stereocenters. The van der Waals surface area contributed by atoms with Gasteiger partial charge in [0.05, 0.1) is 19.1 Å². The number of likely N-dealkylation sites (tertiary alicyclic amines) is 1. The second kappa shape index (κ2) is 7.83. The average Bonchev–Trinajstić information content (AvgIpc) is 2.53. The lowest BCUT2D eigenvalue weighted by molar-refractivity contribution is -0.133. The van der Waals surface area contributed by atoms with Gasteiger partial charge in [0.15, 0.2) is 0 Å². The van der Waals surface area contributed by atoms with Crippen molar-refractivity contribution >= 4 is 33.2 Å². The number of sulfonamides is 1. The quantitative estimate of drug-likeness (QED) is 0.777. The third kappa shape index (κ3) is 4.58. The second-order valence-electron chi connectivity index (χ2n) is 6.58. The fourth-order valence-electron chi connectivity index (χ4n) is 3.26. The normalized spacial score (nSPS) is 19.4. The molecule has 0 spiro atoms. The molecule has 8 heteroatoms. The number of hydrogen-bond acceptors (Lipinski definition) is 4. The summed E-state index contributed by atoms with van der Waals surface area (Å²) in [6, 6.07) is 3.83. The number of halogens is 1. The highest BCUT2D eigenvalue weighted by Crippen LogP contribution is 2.34. The van der Waals surface area contributed by atoms with Gasteiger partial charge >= 0.3 is 0 Å². The molecule has 1 aliphatic heterocycles. The summed E-state index contributed by atoms with van der Waals surface area (Å²) in [6.07, 6.45) is 3.09. The number of carbonyl (C=O) groups is 1. The molecule has 1 saturated heterocycles. The fraction of sp³-hybridized carbons (Fsp3) is 0.588. The number of rotatable bonds is 5. The molecule has 1 fully saturated rings. The highest BCUT2D eigenvalue weighted by molar-refractivity contribution is 7.92. The van der Waals surface area contributed by atoms with E-state index in [9.17, 15) is 13.2 Å². The number of hydrogen-bond donors (Lipinski definition) is 0. The monoisotopic (exact) mass is 388 g/mol. The molecule has 0 N–H and O–H groups in total. The first-order valence-corrected chi connectivity index (χ1v) is 10.5. The van der Waals surface area contributed by atoms with E-state index in [4.69, 9.17) is 16.3 Å². The van der Waals surface area contributed by atoms with Gasteiger partial charge in [-0.1, -0.05) is 18.5 Å². The molecule has 1 heterocycles. The van der Waals surface area contributed by atoms with Crippen molar-refractivity contribution in [2.45, 2.75) is 32.7 Å². The minimum absolute atomic E-state index is 0.209. The standard InChI is InChI=1S/C17H25ClN2O4S/c1-12-6-5-9-19(11-12)17(21)13(2)20(25(4,22)23)15-10-14(18)7-8-16(15)24-3/h7-8,10,12-13H,5-6,9,11H2,1-4H3/t12-,13-/m1/s1. The van der Waals surface area contributed by atoms with Crippen molar-refractivity contribution in [2.75, 3.05) is 30.8 Å². The molecule has 6 nitrogen and oxygen atoms in total.